The molecule has 0 aliphatic heterocycles. The molecule has 1 atom stereocenters. The number of rotatable bonds is 4. The van der Waals surface area contributed by atoms with Gasteiger partial charge in [-0.1, -0.05) is 6.92 Å². The van der Waals surface area contributed by atoms with Gasteiger partial charge >= 0.3 is 0 Å². The van der Waals surface area contributed by atoms with Crippen molar-refractivity contribution in [1.82, 2.24) is 24.6 Å². The lowest BCUT2D eigenvalue weighted by Crippen LogP contribution is -2.07. The Bertz CT molecular complexity index is 1200. The summed E-state index contributed by atoms with van der Waals surface area (Å²) in [6, 6.07) is 5.66. The summed E-state index contributed by atoms with van der Waals surface area (Å²) in [5.41, 5.74) is 4.91. The molecule has 4 aromatic rings. The van der Waals surface area contributed by atoms with Gasteiger partial charge in [-0.15, -0.1) is 0 Å². The van der Waals surface area contributed by atoms with Gasteiger partial charge in [0.2, 0.25) is 5.91 Å². The van der Waals surface area contributed by atoms with E-state index in [-0.39, 0.29) is 5.91 Å². The molecule has 0 bridgehead atoms. The van der Waals surface area contributed by atoms with E-state index in [1.54, 1.807) is 23.0 Å². The Morgan fingerprint density at radius 1 is 1.18 bits per heavy atom. The molecule has 0 saturated carbocycles. The van der Waals surface area contributed by atoms with Crippen LogP contribution in [0.2, 0.25) is 0 Å². The smallest absolute Gasteiger partial charge is 0.222 e. The number of aryl methyl sites for hydroxylation is 1. The van der Waals surface area contributed by atoms with E-state index >= 15 is 0 Å². The Labute approximate surface area is 161 Å². The van der Waals surface area contributed by atoms with Crippen molar-refractivity contribution in [3.8, 4) is 11.1 Å². The number of aliphatic hydroxyl groups is 1. The molecule has 0 aromatic carbocycles. The average molecular weight is 376 g/mol. The Kier molecular flexibility index (Phi) is 4.48. The van der Waals surface area contributed by atoms with E-state index in [0.29, 0.717) is 23.6 Å². The maximum atomic E-state index is 11.3. The summed E-state index contributed by atoms with van der Waals surface area (Å²) in [5.74, 6) is 0.273. The minimum absolute atomic E-state index is 0.186. The number of amides is 1. The molecule has 4 rings (SSSR count). The largest absolute Gasteiger partial charge is 0.387 e. The first-order chi connectivity index (χ1) is 13.5. The van der Waals surface area contributed by atoms with Crippen LogP contribution in [0.15, 0.2) is 36.9 Å². The van der Waals surface area contributed by atoms with E-state index in [1.807, 2.05) is 26.0 Å². The topological polar surface area (TPSA) is 105 Å². The van der Waals surface area contributed by atoms with Crippen molar-refractivity contribution < 1.29 is 9.90 Å². The average Bonchev–Trinajstić information content (AvgIpc) is 3.17. The second-order valence-electron chi connectivity index (χ2n) is 6.71. The van der Waals surface area contributed by atoms with E-state index < -0.39 is 6.10 Å². The fourth-order valence-electron chi connectivity index (χ4n) is 3.27. The SMILES string of the molecule is CCC(O)c1cc(C)c(-c2cc3cnc(NC(C)=O)cc3n3ncnc23)cn1. The van der Waals surface area contributed by atoms with Crippen molar-refractivity contribution in [1.29, 1.82) is 0 Å². The molecule has 1 amide bonds. The first-order valence-corrected chi connectivity index (χ1v) is 9.03. The maximum Gasteiger partial charge on any atom is 0.222 e. The van der Waals surface area contributed by atoms with Crippen LogP contribution in [0.1, 0.15) is 37.6 Å². The Hall–Kier alpha value is -3.39. The quantitative estimate of drug-likeness (QED) is 0.567. The van der Waals surface area contributed by atoms with E-state index in [9.17, 15) is 9.90 Å². The highest BCUT2D eigenvalue weighted by Crippen LogP contribution is 2.31. The fourth-order valence-corrected chi connectivity index (χ4v) is 3.27. The van der Waals surface area contributed by atoms with Crippen molar-refractivity contribution in [2.45, 2.75) is 33.3 Å². The van der Waals surface area contributed by atoms with Gasteiger partial charge in [0.1, 0.15) is 12.1 Å². The minimum Gasteiger partial charge on any atom is -0.387 e. The molecule has 4 heterocycles. The summed E-state index contributed by atoms with van der Waals surface area (Å²) >= 11 is 0. The summed E-state index contributed by atoms with van der Waals surface area (Å²) in [4.78, 5) is 24.5. The van der Waals surface area contributed by atoms with Gasteiger partial charge in [-0.2, -0.15) is 5.10 Å². The van der Waals surface area contributed by atoms with Gasteiger partial charge in [0.25, 0.3) is 0 Å². The molecule has 4 aromatic heterocycles. The number of anilines is 1. The molecule has 0 aliphatic carbocycles. The third-order valence-electron chi connectivity index (χ3n) is 4.68. The molecule has 0 saturated heterocycles. The number of fused-ring (bicyclic) bond motifs is 3. The highest BCUT2D eigenvalue weighted by atomic mass is 16.3. The van der Waals surface area contributed by atoms with Crippen LogP contribution in [0.25, 0.3) is 27.7 Å². The van der Waals surface area contributed by atoms with Crippen LogP contribution in [-0.4, -0.2) is 35.6 Å². The Morgan fingerprint density at radius 2 is 2.00 bits per heavy atom. The number of aliphatic hydroxyl groups excluding tert-OH is 1. The van der Waals surface area contributed by atoms with Crippen molar-refractivity contribution in [2.75, 3.05) is 5.32 Å². The Morgan fingerprint density at radius 3 is 2.71 bits per heavy atom. The zero-order valence-corrected chi connectivity index (χ0v) is 15.8. The van der Waals surface area contributed by atoms with Gasteiger partial charge in [0, 0.05) is 41.9 Å². The molecule has 142 valence electrons. The molecule has 0 radical (unpaired) electrons. The summed E-state index contributed by atoms with van der Waals surface area (Å²) in [6.07, 6.45) is 4.99. The maximum absolute atomic E-state index is 11.3. The molecule has 8 heteroatoms. The number of nitrogens with zero attached hydrogens (tertiary/aromatic N) is 5. The van der Waals surface area contributed by atoms with Gasteiger partial charge in [0.15, 0.2) is 5.65 Å². The molecular weight excluding hydrogens is 356 g/mol. The summed E-state index contributed by atoms with van der Waals surface area (Å²) < 4.78 is 1.73. The minimum atomic E-state index is -0.575. The number of carbonyl (C=O) groups excluding carboxylic acids is 1. The summed E-state index contributed by atoms with van der Waals surface area (Å²) in [6.45, 7) is 5.34. The normalized spacial score (nSPS) is 12.4. The number of hydrogen-bond donors (Lipinski definition) is 2. The second kappa shape index (κ2) is 6.97. The number of aromatic nitrogens is 5. The van der Waals surface area contributed by atoms with E-state index in [0.717, 1.165) is 27.6 Å². The lowest BCUT2D eigenvalue weighted by Gasteiger charge is -2.13. The van der Waals surface area contributed by atoms with Crippen molar-refractivity contribution in [2.24, 2.45) is 0 Å². The molecule has 0 aliphatic rings. The second-order valence-corrected chi connectivity index (χ2v) is 6.71. The van der Waals surface area contributed by atoms with E-state index in [2.05, 4.69) is 25.4 Å². The van der Waals surface area contributed by atoms with Gasteiger partial charge in [-0.3, -0.25) is 9.78 Å². The third kappa shape index (κ3) is 3.07. The number of nitrogens with one attached hydrogen (secondary N) is 1. The lowest BCUT2D eigenvalue weighted by molar-refractivity contribution is -0.114. The monoisotopic (exact) mass is 376 g/mol. The van der Waals surface area contributed by atoms with Crippen LogP contribution < -0.4 is 5.32 Å². The van der Waals surface area contributed by atoms with Gasteiger partial charge in [0.05, 0.1) is 17.3 Å². The van der Waals surface area contributed by atoms with E-state index in [1.165, 1.54) is 13.3 Å². The van der Waals surface area contributed by atoms with Crippen LogP contribution in [-0.2, 0) is 4.79 Å². The first-order valence-electron chi connectivity index (χ1n) is 9.03. The molecule has 8 nitrogen and oxygen atoms in total. The standard InChI is InChI=1S/C20H20N6O2/c1-4-18(28)16-5-11(2)15(9-21-16)14-6-13-8-22-19(25-12(3)27)7-17(13)26-20(14)23-10-24-26/h5-10,18,28H,4H2,1-3H3,(H,22,25,27). The lowest BCUT2D eigenvalue weighted by atomic mass is 10.0. The molecule has 2 N–H and O–H groups in total. The number of pyridine rings is 3. The molecule has 0 fully saturated rings. The van der Waals surface area contributed by atoms with Crippen LogP contribution in [0, 0.1) is 6.92 Å². The fraction of sp³-hybridized carbons (Fsp3) is 0.250. The van der Waals surface area contributed by atoms with Crippen molar-refractivity contribution >= 4 is 28.3 Å². The highest BCUT2D eigenvalue weighted by molar-refractivity contribution is 5.94. The zero-order valence-electron chi connectivity index (χ0n) is 15.8. The van der Waals surface area contributed by atoms with Gasteiger partial charge < -0.3 is 10.4 Å². The predicted octanol–water partition coefficient (Wildman–Crippen LogP) is 3.05. The van der Waals surface area contributed by atoms with Crippen LogP contribution in [0.4, 0.5) is 5.82 Å². The Balaban J connectivity index is 1.90. The van der Waals surface area contributed by atoms with Crippen molar-refractivity contribution in [3.05, 3.63) is 48.2 Å². The van der Waals surface area contributed by atoms with Gasteiger partial charge in [-0.25, -0.2) is 14.5 Å². The van der Waals surface area contributed by atoms with E-state index in [4.69, 9.17) is 0 Å². The van der Waals surface area contributed by atoms with Crippen LogP contribution in [0.3, 0.4) is 0 Å². The predicted molar refractivity (Wildman–Crippen MR) is 106 cm³/mol. The van der Waals surface area contributed by atoms with Gasteiger partial charge in [-0.05, 0) is 31.0 Å². The molecule has 1 unspecified atom stereocenters. The van der Waals surface area contributed by atoms with Crippen LogP contribution >= 0.6 is 0 Å². The summed E-state index contributed by atoms with van der Waals surface area (Å²) in [7, 11) is 0. The molecule has 0 spiro atoms. The number of carbonyl (C=O) groups is 1. The molecule has 28 heavy (non-hydrogen) atoms. The van der Waals surface area contributed by atoms with Crippen LogP contribution in [0.5, 0.6) is 0 Å². The van der Waals surface area contributed by atoms with Crippen molar-refractivity contribution in [3.63, 3.8) is 0 Å². The number of hydrogen-bond acceptors (Lipinski definition) is 6. The zero-order chi connectivity index (χ0) is 19.8. The first kappa shape index (κ1) is 18.0. The summed E-state index contributed by atoms with van der Waals surface area (Å²) in [5, 5.41) is 17.9. The third-order valence-corrected chi connectivity index (χ3v) is 4.68. The molecular formula is C20H20N6O2. The highest BCUT2D eigenvalue weighted by Gasteiger charge is 2.16.